The molecule has 0 spiro atoms. The molecule has 1 fully saturated rings. The average molecular weight is 236 g/mol. The van der Waals surface area contributed by atoms with Crippen LogP contribution in [0.4, 0.5) is 0 Å². The van der Waals surface area contributed by atoms with E-state index in [2.05, 4.69) is 46.4 Å². The van der Waals surface area contributed by atoms with Gasteiger partial charge in [0.25, 0.3) is 0 Å². The molecular formula is C16H28O. The van der Waals surface area contributed by atoms with Gasteiger partial charge in [0.05, 0.1) is 11.7 Å². The van der Waals surface area contributed by atoms with Gasteiger partial charge in [0.15, 0.2) is 0 Å². The molecule has 0 bridgehead atoms. The Hall–Kier alpha value is -0.560. The predicted molar refractivity (Wildman–Crippen MR) is 75.2 cm³/mol. The van der Waals surface area contributed by atoms with Crippen molar-refractivity contribution in [3.8, 4) is 0 Å². The van der Waals surface area contributed by atoms with E-state index in [0.717, 1.165) is 12.8 Å². The molecular weight excluding hydrogens is 208 g/mol. The normalized spacial score (nSPS) is 25.6. The fourth-order valence-electron chi connectivity index (χ4n) is 2.52. The molecule has 0 unspecified atom stereocenters. The van der Waals surface area contributed by atoms with Crippen LogP contribution in [0.3, 0.4) is 0 Å². The molecule has 0 aliphatic heterocycles. The van der Waals surface area contributed by atoms with Gasteiger partial charge in [-0.15, -0.1) is 0 Å². The molecule has 0 amide bonds. The van der Waals surface area contributed by atoms with Gasteiger partial charge in [-0.05, 0) is 45.1 Å². The van der Waals surface area contributed by atoms with Gasteiger partial charge >= 0.3 is 0 Å². The number of hydrogen-bond donors (Lipinski definition) is 0. The fourth-order valence-corrected chi connectivity index (χ4v) is 2.52. The Morgan fingerprint density at radius 3 is 2.65 bits per heavy atom. The molecule has 1 heteroatoms. The lowest BCUT2D eigenvalue weighted by molar-refractivity contribution is -0.0581. The topological polar surface area (TPSA) is 9.23 Å². The smallest absolute Gasteiger partial charge is 0.0836 e. The second kappa shape index (κ2) is 6.39. The number of ether oxygens (including phenoxy) is 1. The molecule has 2 atom stereocenters. The average Bonchev–Trinajstić information content (AvgIpc) is 2.71. The molecule has 0 heterocycles. The van der Waals surface area contributed by atoms with Gasteiger partial charge < -0.3 is 4.74 Å². The minimum atomic E-state index is -0.179. The van der Waals surface area contributed by atoms with Gasteiger partial charge in [-0.25, -0.2) is 0 Å². The van der Waals surface area contributed by atoms with Crippen LogP contribution in [0.15, 0.2) is 24.3 Å². The third kappa shape index (κ3) is 3.99. The Balaban J connectivity index is 2.60. The molecule has 1 saturated carbocycles. The highest BCUT2D eigenvalue weighted by molar-refractivity contribution is 5.09. The van der Waals surface area contributed by atoms with Crippen molar-refractivity contribution in [2.45, 2.75) is 71.5 Å². The van der Waals surface area contributed by atoms with Crippen LogP contribution in [0.2, 0.25) is 0 Å². The maximum atomic E-state index is 6.31. The Kier molecular flexibility index (Phi) is 5.45. The third-order valence-electron chi connectivity index (χ3n) is 3.85. The zero-order valence-electron chi connectivity index (χ0n) is 12.0. The quantitative estimate of drug-likeness (QED) is 0.597. The lowest BCUT2D eigenvalue weighted by atomic mass is 9.96. The molecule has 0 radical (unpaired) electrons. The van der Waals surface area contributed by atoms with Crippen LogP contribution in [-0.2, 0) is 4.74 Å². The van der Waals surface area contributed by atoms with E-state index in [0.29, 0.717) is 12.0 Å². The van der Waals surface area contributed by atoms with E-state index in [4.69, 9.17) is 4.74 Å². The van der Waals surface area contributed by atoms with Crippen LogP contribution >= 0.6 is 0 Å². The van der Waals surface area contributed by atoms with E-state index in [1.807, 2.05) is 0 Å². The SMILES string of the molecule is C=C(CC)C(C)(C)O[C@H]1CCC[C@@H]1/C=C\CC. The van der Waals surface area contributed by atoms with Crippen LogP contribution < -0.4 is 0 Å². The predicted octanol–water partition coefficient (Wildman–Crippen LogP) is 4.88. The molecule has 1 rings (SSSR count). The molecule has 17 heavy (non-hydrogen) atoms. The van der Waals surface area contributed by atoms with E-state index >= 15 is 0 Å². The number of allylic oxidation sites excluding steroid dienone is 1. The van der Waals surface area contributed by atoms with Crippen molar-refractivity contribution in [1.82, 2.24) is 0 Å². The summed E-state index contributed by atoms with van der Waals surface area (Å²) >= 11 is 0. The van der Waals surface area contributed by atoms with Gasteiger partial charge in [0, 0.05) is 5.92 Å². The van der Waals surface area contributed by atoms with Gasteiger partial charge in [0.2, 0.25) is 0 Å². The lowest BCUT2D eigenvalue weighted by Gasteiger charge is -2.32. The van der Waals surface area contributed by atoms with Gasteiger partial charge in [-0.3, -0.25) is 0 Å². The Bertz CT molecular complexity index is 275. The summed E-state index contributed by atoms with van der Waals surface area (Å²) in [5.41, 5.74) is 1.02. The Morgan fingerprint density at radius 1 is 1.35 bits per heavy atom. The standard InChI is InChI=1S/C16H28O/c1-6-8-10-14-11-9-12-15(14)17-16(4,5)13(3)7-2/h8,10,14-15H,3,6-7,9,11-12H2,1-2,4-5H3/b10-8-/t14-,15-/m0/s1. The molecule has 98 valence electrons. The summed E-state index contributed by atoms with van der Waals surface area (Å²) in [6.07, 6.45) is 10.9. The van der Waals surface area contributed by atoms with E-state index in [1.165, 1.54) is 24.8 Å². The van der Waals surface area contributed by atoms with Crippen molar-refractivity contribution >= 4 is 0 Å². The molecule has 1 nitrogen and oxygen atoms in total. The van der Waals surface area contributed by atoms with Crippen molar-refractivity contribution in [2.75, 3.05) is 0 Å². The summed E-state index contributed by atoms with van der Waals surface area (Å²) in [5, 5.41) is 0. The Labute approximate surface area is 107 Å². The van der Waals surface area contributed by atoms with Gasteiger partial charge in [-0.1, -0.05) is 39.0 Å². The highest BCUT2D eigenvalue weighted by Crippen LogP contribution is 2.34. The first-order valence-electron chi connectivity index (χ1n) is 7.04. The molecule has 0 aromatic carbocycles. The summed E-state index contributed by atoms with van der Waals surface area (Å²) in [7, 11) is 0. The van der Waals surface area contributed by atoms with Crippen LogP contribution in [-0.4, -0.2) is 11.7 Å². The second-order valence-corrected chi connectivity index (χ2v) is 5.55. The van der Waals surface area contributed by atoms with E-state index in [1.54, 1.807) is 0 Å². The fraction of sp³-hybridized carbons (Fsp3) is 0.750. The summed E-state index contributed by atoms with van der Waals surface area (Å²) in [4.78, 5) is 0. The van der Waals surface area contributed by atoms with Gasteiger partial charge in [-0.2, -0.15) is 0 Å². The highest BCUT2D eigenvalue weighted by atomic mass is 16.5. The zero-order chi connectivity index (χ0) is 12.9. The van der Waals surface area contributed by atoms with Crippen molar-refractivity contribution in [3.05, 3.63) is 24.3 Å². The summed E-state index contributed by atoms with van der Waals surface area (Å²) < 4.78 is 6.31. The maximum absolute atomic E-state index is 6.31. The molecule has 0 N–H and O–H groups in total. The minimum Gasteiger partial charge on any atom is -0.367 e. The number of hydrogen-bond acceptors (Lipinski definition) is 1. The Morgan fingerprint density at radius 2 is 2.06 bits per heavy atom. The maximum Gasteiger partial charge on any atom is 0.0836 e. The van der Waals surface area contributed by atoms with Crippen molar-refractivity contribution in [1.29, 1.82) is 0 Å². The van der Waals surface area contributed by atoms with E-state index < -0.39 is 0 Å². The molecule has 0 aromatic rings. The summed E-state index contributed by atoms with van der Waals surface area (Å²) in [5.74, 6) is 0.610. The van der Waals surface area contributed by atoms with E-state index in [9.17, 15) is 0 Å². The van der Waals surface area contributed by atoms with Crippen molar-refractivity contribution < 1.29 is 4.74 Å². The molecule has 1 aliphatic carbocycles. The molecule has 1 aliphatic rings. The lowest BCUT2D eigenvalue weighted by Crippen LogP contribution is -2.33. The number of rotatable bonds is 6. The first-order chi connectivity index (χ1) is 8.01. The van der Waals surface area contributed by atoms with Crippen molar-refractivity contribution in [2.24, 2.45) is 5.92 Å². The van der Waals surface area contributed by atoms with Gasteiger partial charge in [0.1, 0.15) is 0 Å². The summed E-state index contributed by atoms with van der Waals surface area (Å²) in [6, 6.07) is 0. The third-order valence-corrected chi connectivity index (χ3v) is 3.85. The van der Waals surface area contributed by atoms with Crippen LogP contribution in [0.1, 0.15) is 59.8 Å². The van der Waals surface area contributed by atoms with Crippen molar-refractivity contribution in [3.63, 3.8) is 0 Å². The largest absolute Gasteiger partial charge is 0.367 e. The zero-order valence-corrected chi connectivity index (χ0v) is 12.0. The minimum absolute atomic E-state index is 0.179. The van der Waals surface area contributed by atoms with Crippen LogP contribution in [0, 0.1) is 5.92 Å². The summed E-state index contributed by atoms with van der Waals surface area (Å²) in [6.45, 7) is 12.8. The highest BCUT2D eigenvalue weighted by Gasteiger charge is 2.32. The van der Waals surface area contributed by atoms with Crippen LogP contribution in [0.5, 0.6) is 0 Å². The first-order valence-corrected chi connectivity index (χ1v) is 7.04. The molecule has 0 aromatic heterocycles. The monoisotopic (exact) mass is 236 g/mol. The van der Waals surface area contributed by atoms with E-state index in [-0.39, 0.29) is 5.60 Å². The first kappa shape index (κ1) is 14.5. The molecule has 0 saturated heterocycles. The van der Waals surface area contributed by atoms with Crippen LogP contribution in [0.25, 0.3) is 0 Å². The second-order valence-electron chi connectivity index (χ2n) is 5.55.